The monoisotopic (exact) mass is 434 g/mol. The van der Waals surface area contributed by atoms with Gasteiger partial charge in [0.15, 0.2) is 0 Å². The minimum Gasteiger partial charge on any atom is -0.426 e. The molecule has 1 fully saturated rings. The van der Waals surface area contributed by atoms with Gasteiger partial charge >= 0.3 is 11.9 Å². The fourth-order valence-electron chi connectivity index (χ4n) is 5.39. The molecule has 162 valence electrons. The number of hydrogen-bond donors (Lipinski definition) is 0. The highest BCUT2D eigenvalue weighted by atomic mass is 16.5. The Bertz CT molecular complexity index is 1300. The van der Waals surface area contributed by atoms with Crippen LogP contribution in [0.25, 0.3) is 21.5 Å². The smallest absolute Gasteiger partial charge is 0.315 e. The summed E-state index contributed by atoms with van der Waals surface area (Å²) in [5, 5.41) is 3.76. The van der Waals surface area contributed by atoms with Crippen molar-refractivity contribution in [2.45, 2.75) is 6.42 Å². The van der Waals surface area contributed by atoms with Gasteiger partial charge in [-0.1, -0.05) is 84.9 Å². The van der Waals surface area contributed by atoms with E-state index in [4.69, 9.17) is 9.47 Å². The third-order valence-electron chi connectivity index (χ3n) is 6.92. The van der Waals surface area contributed by atoms with Crippen LogP contribution in [0.2, 0.25) is 0 Å². The molecule has 1 saturated carbocycles. The molecule has 0 amide bonds. The van der Waals surface area contributed by atoms with Crippen LogP contribution in [0, 0.1) is 23.7 Å². The predicted octanol–water partition coefficient (Wildman–Crippen LogP) is 5.94. The normalized spacial score (nSPS) is 23.2. The number of hydrogen-bond acceptors (Lipinski definition) is 4. The first-order valence-electron chi connectivity index (χ1n) is 11.3. The molecule has 2 aliphatic rings. The number of allylic oxidation sites excluding steroid dienone is 2. The van der Waals surface area contributed by atoms with Crippen LogP contribution in [0.3, 0.4) is 0 Å². The lowest BCUT2D eigenvalue weighted by Gasteiger charge is -2.25. The van der Waals surface area contributed by atoms with Crippen LogP contribution in [0.5, 0.6) is 11.5 Å². The minimum atomic E-state index is -0.554. The molecule has 4 atom stereocenters. The molecule has 4 aromatic carbocycles. The second kappa shape index (κ2) is 7.89. The van der Waals surface area contributed by atoms with Gasteiger partial charge in [-0.3, -0.25) is 9.59 Å². The van der Waals surface area contributed by atoms with Gasteiger partial charge in [0.1, 0.15) is 11.5 Å². The average Bonchev–Trinajstić information content (AvgIpc) is 3.47. The number of rotatable bonds is 4. The highest BCUT2D eigenvalue weighted by Crippen LogP contribution is 2.49. The van der Waals surface area contributed by atoms with Crippen molar-refractivity contribution in [3.63, 3.8) is 0 Å². The predicted molar refractivity (Wildman–Crippen MR) is 127 cm³/mol. The highest BCUT2D eigenvalue weighted by molar-refractivity contribution is 5.94. The van der Waals surface area contributed by atoms with Crippen molar-refractivity contribution in [1.82, 2.24) is 0 Å². The number of benzene rings is 4. The molecule has 2 aliphatic carbocycles. The van der Waals surface area contributed by atoms with Gasteiger partial charge in [-0.05, 0) is 41.2 Å². The van der Waals surface area contributed by atoms with Gasteiger partial charge in [0, 0.05) is 10.8 Å². The molecule has 0 aromatic heterocycles. The molecule has 2 bridgehead atoms. The van der Waals surface area contributed by atoms with Gasteiger partial charge in [-0.2, -0.15) is 0 Å². The second-order valence-electron chi connectivity index (χ2n) is 8.80. The zero-order valence-electron chi connectivity index (χ0n) is 17.9. The van der Waals surface area contributed by atoms with Gasteiger partial charge < -0.3 is 9.47 Å². The molecule has 4 aromatic rings. The molecule has 0 radical (unpaired) electrons. The van der Waals surface area contributed by atoms with Crippen LogP contribution in [-0.2, 0) is 9.59 Å². The Labute approximate surface area is 191 Å². The van der Waals surface area contributed by atoms with Gasteiger partial charge in [0.2, 0.25) is 0 Å². The molecule has 0 heterocycles. The third kappa shape index (κ3) is 3.39. The molecule has 4 heteroatoms. The zero-order valence-corrected chi connectivity index (χ0v) is 17.9. The van der Waals surface area contributed by atoms with Gasteiger partial charge in [0.05, 0.1) is 11.8 Å². The zero-order chi connectivity index (χ0) is 22.4. The van der Waals surface area contributed by atoms with Crippen LogP contribution in [-0.4, -0.2) is 11.9 Å². The summed E-state index contributed by atoms with van der Waals surface area (Å²) in [5.74, 6) is -0.837. The minimum absolute atomic E-state index is 0.0115. The van der Waals surface area contributed by atoms with Gasteiger partial charge in [-0.25, -0.2) is 0 Å². The number of esters is 2. The van der Waals surface area contributed by atoms with Gasteiger partial charge in [-0.15, -0.1) is 0 Å². The van der Waals surface area contributed by atoms with E-state index in [0.29, 0.717) is 11.5 Å². The Morgan fingerprint density at radius 3 is 1.48 bits per heavy atom. The Balaban J connectivity index is 1.28. The van der Waals surface area contributed by atoms with Crippen LogP contribution in [0.1, 0.15) is 6.42 Å². The third-order valence-corrected chi connectivity index (χ3v) is 6.92. The molecule has 0 N–H and O–H groups in total. The first kappa shape index (κ1) is 19.7. The topological polar surface area (TPSA) is 52.6 Å². The van der Waals surface area contributed by atoms with Gasteiger partial charge in [0.25, 0.3) is 0 Å². The lowest BCUT2D eigenvalue weighted by Crippen LogP contribution is -2.37. The van der Waals surface area contributed by atoms with E-state index in [-0.39, 0.29) is 23.8 Å². The summed E-state index contributed by atoms with van der Waals surface area (Å²) in [5.41, 5.74) is 0. The Morgan fingerprint density at radius 1 is 0.576 bits per heavy atom. The van der Waals surface area contributed by atoms with E-state index in [0.717, 1.165) is 28.0 Å². The van der Waals surface area contributed by atoms with E-state index in [9.17, 15) is 9.59 Å². The average molecular weight is 434 g/mol. The Hall–Kier alpha value is -3.92. The molecule has 6 rings (SSSR count). The fraction of sp³-hybridized carbons (Fsp3) is 0.172. The first-order chi connectivity index (χ1) is 16.2. The SMILES string of the molecule is O=C(Oc1cccc2ccccc12)[C@@H]1[C@@H](C(=O)Oc2cccc3ccccc23)[C@H]2C=C[C@H]1C2. The van der Waals surface area contributed by atoms with Crippen molar-refractivity contribution in [3.8, 4) is 11.5 Å². The van der Waals surface area contributed by atoms with Crippen molar-refractivity contribution in [3.05, 3.63) is 97.1 Å². The van der Waals surface area contributed by atoms with E-state index in [1.165, 1.54) is 0 Å². The Kier molecular flexibility index (Phi) is 4.72. The number of fused-ring (bicyclic) bond motifs is 4. The fourth-order valence-corrected chi connectivity index (χ4v) is 5.39. The summed E-state index contributed by atoms with van der Waals surface area (Å²) < 4.78 is 11.8. The number of carbonyl (C=O) groups is 2. The second-order valence-corrected chi connectivity index (χ2v) is 8.80. The van der Waals surface area contributed by atoms with Crippen LogP contribution < -0.4 is 9.47 Å². The van der Waals surface area contributed by atoms with Crippen LogP contribution >= 0.6 is 0 Å². The molecule has 4 nitrogen and oxygen atoms in total. The van der Waals surface area contributed by atoms with Crippen molar-refractivity contribution in [2.24, 2.45) is 23.7 Å². The summed E-state index contributed by atoms with van der Waals surface area (Å²) >= 11 is 0. The summed E-state index contributed by atoms with van der Waals surface area (Å²) in [6, 6.07) is 26.9. The van der Waals surface area contributed by atoms with E-state index in [1.54, 1.807) is 12.1 Å². The van der Waals surface area contributed by atoms with E-state index in [1.807, 2.05) is 84.9 Å². The molecule has 0 saturated heterocycles. The standard InChI is InChI=1S/C29H22O4/c30-28(32-24-13-5-9-18-7-1-3-11-22(18)24)26-20-15-16-21(17-20)27(26)29(31)33-25-14-6-10-19-8-2-4-12-23(19)25/h1-16,20-21,26-27H,17H2/t20-,21-,26-,27-/m0/s1. The van der Waals surface area contributed by atoms with Crippen molar-refractivity contribution in [1.29, 1.82) is 0 Å². The molecular weight excluding hydrogens is 412 g/mol. The summed E-state index contributed by atoms with van der Waals surface area (Å²) in [4.78, 5) is 26.7. The molecule has 33 heavy (non-hydrogen) atoms. The molecule has 0 unspecified atom stereocenters. The number of carbonyl (C=O) groups excluding carboxylic acids is 2. The van der Waals surface area contributed by atoms with E-state index >= 15 is 0 Å². The molecule has 0 aliphatic heterocycles. The van der Waals surface area contributed by atoms with Crippen molar-refractivity contribution >= 4 is 33.5 Å². The maximum atomic E-state index is 13.4. The quantitative estimate of drug-likeness (QED) is 0.227. The Morgan fingerprint density at radius 2 is 1.00 bits per heavy atom. The van der Waals surface area contributed by atoms with Crippen molar-refractivity contribution in [2.75, 3.05) is 0 Å². The maximum Gasteiger partial charge on any atom is 0.315 e. The first-order valence-corrected chi connectivity index (χ1v) is 11.3. The summed E-state index contributed by atoms with van der Waals surface area (Å²) in [7, 11) is 0. The van der Waals surface area contributed by atoms with Crippen molar-refractivity contribution < 1.29 is 19.1 Å². The summed E-state index contributed by atoms with van der Waals surface area (Å²) in [6.45, 7) is 0. The largest absolute Gasteiger partial charge is 0.426 e. The van der Waals surface area contributed by atoms with Crippen LogP contribution in [0.4, 0.5) is 0 Å². The van der Waals surface area contributed by atoms with E-state index in [2.05, 4.69) is 0 Å². The number of ether oxygens (including phenoxy) is 2. The highest BCUT2D eigenvalue weighted by Gasteiger charge is 2.53. The van der Waals surface area contributed by atoms with E-state index < -0.39 is 11.8 Å². The van der Waals surface area contributed by atoms with Crippen LogP contribution in [0.15, 0.2) is 97.1 Å². The lowest BCUT2D eigenvalue weighted by atomic mass is 9.83. The molecular formula is C29H22O4. The summed E-state index contributed by atoms with van der Waals surface area (Å²) in [6.07, 6.45) is 4.85. The lowest BCUT2D eigenvalue weighted by molar-refractivity contribution is -0.150. The maximum absolute atomic E-state index is 13.4. The molecule has 0 spiro atoms.